The van der Waals surface area contributed by atoms with E-state index in [1.165, 1.54) is 0 Å². The zero-order chi connectivity index (χ0) is 14.4. The summed E-state index contributed by atoms with van der Waals surface area (Å²) in [7, 11) is 0. The lowest BCUT2D eigenvalue weighted by molar-refractivity contribution is -0.122. The van der Waals surface area contributed by atoms with Crippen molar-refractivity contribution in [1.82, 2.24) is 15.3 Å². The van der Waals surface area contributed by atoms with Crippen LogP contribution in [-0.2, 0) is 4.79 Å². The molecule has 20 heavy (non-hydrogen) atoms. The molecule has 1 fully saturated rings. The Hall–Kier alpha value is -1.69. The minimum Gasteiger partial charge on any atom is -0.353 e. The van der Waals surface area contributed by atoms with E-state index in [1.54, 1.807) is 12.4 Å². The maximum atomic E-state index is 11.8. The Morgan fingerprint density at radius 2 is 2.10 bits per heavy atom. The van der Waals surface area contributed by atoms with Crippen LogP contribution in [0, 0.1) is 5.92 Å². The van der Waals surface area contributed by atoms with Crippen molar-refractivity contribution in [3.63, 3.8) is 0 Å². The monoisotopic (exact) mass is 277 g/mol. The average molecular weight is 277 g/mol. The Labute approximate surface area is 119 Å². The van der Waals surface area contributed by atoms with E-state index in [1.807, 2.05) is 13.0 Å². The first-order valence-electron chi connectivity index (χ1n) is 7.20. The second kappa shape index (κ2) is 7.19. The van der Waals surface area contributed by atoms with Crippen molar-refractivity contribution in [3.8, 4) is 0 Å². The second-order valence-electron chi connectivity index (χ2n) is 5.42. The molecule has 6 heteroatoms. The number of carbonyl (C=O) groups excluding carboxylic acids is 1. The van der Waals surface area contributed by atoms with Crippen molar-refractivity contribution < 1.29 is 4.79 Å². The number of aromatic nitrogens is 2. The summed E-state index contributed by atoms with van der Waals surface area (Å²) >= 11 is 0. The van der Waals surface area contributed by atoms with Crippen molar-refractivity contribution in [3.05, 3.63) is 18.5 Å². The summed E-state index contributed by atoms with van der Waals surface area (Å²) in [6.07, 6.45) is 5.88. The molecule has 0 spiro atoms. The molecule has 0 aromatic carbocycles. The molecule has 0 bridgehead atoms. The number of carbonyl (C=O) groups is 1. The molecule has 1 amide bonds. The molecule has 1 aromatic rings. The Bertz CT molecular complexity index is 417. The molecule has 1 aliphatic heterocycles. The van der Waals surface area contributed by atoms with Crippen LogP contribution in [0.3, 0.4) is 0 Å². The zero-order valence-electron chi connectivity index (χ0n) is 12.0. The molecule has 3 N–H and O–H groups in total. The number of rotatable bonds is 5. The lowest BCUT2D eigenvalue weighted by Gasteiger charge is -2.32. The minimum absolute atomic E-state index is 0.109. The maximum Gasteiger partial charge on any atom is 0.225 e. The van der Waals surface area contributed by atoms with Gasteiger partial charge in [-0.3, -0.25) is 4.79 Å². The molecule has 1 aliphatic rings. The SMILES string of the molecule is CC(CN)CC(=O)NC1CCN(c2ncccn2)CC1. The Balaban J connectivity index is 1.76. The normalized spacial score (nSPS) is 17.8. The highest BCUT2D eigenvalue weighted by atomic mass is 16.1. The first kappa shape index (κ1) is 14.7. The predicted molar refractivity (Wildman–Crippen MR) is 78.2 cm³/mol. The topological polar surface area (TPSA) is 84.1 Å². The number of nitrogens with zero attached hydrogens (tertiary/aromatic N) is 3. The number of anilines is 1. The molecule has 0 radical (unpaired) electrons. The van der Waals surface area contributed by atoms with Crippen LogP contribution in [0.4, 0.5) is 5.95 Å². The van der Waals surface area contributed by atoms with Gasteiger partial charge >= 0.3 is 0 Å². The van der Waals surface area contributed by atoms with Crippen LogP contribution in [0.2, 0.25) is 0 Å². The standard InChI is InChI=1S/C14H23N5O/c1-11(10-15)9-13(20)18-12-3-7-19(8-4-12)14-16-5-2-6-17-14/h2,5-6,11-12H,3-4,7-10,15H2,1H3,(H,18,20). The number of hydrogen-bond donors (Lipinski definition) is 2. The van der Waals surface area contributed by atoms with Crippen LogP contribution in [0.1, 0.15) is 26.2 Å². The molecule has 0 aliphatic carbocycles. The highest BCUT2D eigenvalue weighted by Crippen LogP contribution is 2.15. The quantitative estimate of drug-likeness (QED) is 0.821. The van der Waals surface area contributed by atoms with Crippen LogP contribution in [0.25, 0.3) is 0 Å². The summed E-state index contributed by atoms with van der Waals surface area (Å²) in [6.45, 7) is 4.30. The van der Waals surface area contributed by atoms with Gasteiger partial charge in [0, 0.05) is 37.9 Å². The second-order valence-corrected chi connectivity index (χ2v) is 5.42. The molecule has 1 unspecified atom stereocenters. The Morgan fingerprint density at radius 3 is 2.70 bits per heavy atom. The molecule has 2 heterocycles. The third-order valence-electron chi connectivity index (χ3n) is 3.63. The number of nitrogens with two attached hydrogens (primary N) is 1. The maximum absolute atomic E-state index is 11.8. The van der Waals surface area contributed by atoms with Gasteiger partial charge < -0.3 is 16.0 Å². The highest BCUT2D eigenvalue weighted by molar-refractivity contribution is 5.76. The highest BCUT2D eigenvalue weighted by Gasteiger charge is 2.22. The zero-order valence-corrected chi connectivity index (χ0v) is 12.0. The smallest absolute Gasteiger partial charge is 0.225 e. The number of piperidine rings is 1. The van der Waals surface area contributed by atoms with Crippen LogP contribution in [0.5, 0.6) is 0 Å². The molecular formula is C14H23N5O. The number of nitrogens with one attached hydrogen (secondary N) is 1. The van der Waals surface area contributed by atoms with E-state index >= 15 is 0 Å². The largest absolute Gasteiger partial charge is 0.353 e. The first-order chi connectivity index (χ1) is 9.69. The molecule has 6 nitrogen and oxygen atoms in total. The van der Waals surface area contributed by atoms with E-state index in [0.29, 0.717) is 13.0 Å². The third-order valence-corrected chi connectivity index (χ3v) is 3.63. The van der Waals surface area contributed by atoms with Crippen molar-refractivity contribution in [2.45, 2.75) is 32.2 Å². The van der Waals surface area contributed by atoms with Gasteiger partial charge in [0.2, 0.25) is 11.9 Å². The molecule has 1 aromatic heterocycles. The van der Waals surface area contributed by atoms with E-state index in [0.717, 1.165) is 31.9 Å². The average Bonchev–Trinajstić information content (AvgIpc) is 2.48. The van der Waals surface area contributed by atoms with Gasteiger partial charge in [-0.2, -0.15) is 0 Å². The van der Waals surface area contributed by atoms with Crippen molar-refractivity contribution in [2.75, 3.05) is 24.5 Å². The van der Waals surface area contributed by atoms with E-state index in [9.17, 15) is 4.79 Å². The fraction of sp³-hybridized carbons (Fsp3) is 0.643. The third kappa shape index (κ3) is 4.16. The molecule has 1 saturated heterocycles. The van der Waals surface area contributed by atoms with Gasteiger partial charge in [0.05, 0.1) is 0 Å². The van der Waals surface area contributed by atoms with Gasteiger partial charge in [0.15, 0.2) is 0 Å². The summed E-state index contributed by atoms with van der Waals surface area (Å²) in [4.78, 5) is 22.5. The molecule has 2 rings (SSSR count). The van der Waals surface area contributed by atoms with Crippen molar-refractivity contribution >= 4 is 11.9 Å². The minimum atomic E-state index is 0.109. The van der Waals surface area contributed by atoms with E-state index in [-0.39, 0.29) is 17.9 Å². The van der Waals surface area contributed by atoms with Crippen LogP contribution in [-0.4, -0.2) is 41.6 Å². The molecule has 1 atom stereocenters. The summed E-state index contributed by atoms with van der Waals surface area (Å²) in [6, 6.07) is 2.07. The molecule has 110 valence electrons. The van der Waals surface area contributed by atoms with Gasteiger partial charge in [-0.05, 0) is 31.4 Å². The van der Waals surface area contributed by atoms with Gasteiger partial charge in [-0.1, -0.05) is 6.92 Å². The lowest BCUT2D eigenvalue weighted by atomic mass is 10.0. The van der Waals surface area contributed by atoms with Crippen molar-refractivity contribution in [2.24, 2.45) is 11.7 Å². The van der Waals surface area contributed by atoms with Gasteiger partial charge in [-0.25, -0.2) is 9.97 Å². The summed E-state index contributed by atoms with van der Waals surface area (Å²) < 4.78 is 0. The number of amides is 1. The van der Waals surface area contributed by atoms with Crippen LogP contribution >= 0.6 is 0 Å². The fourth-order valence-electron chi connectivity index (χ4n) is 2.36. The summed E-state index contributed by atoms with van der Waals surface area (Å²) in [5.41, 5.74) is 5.54. The number of hydrogen-bond acceptors (Lipinski definition) is 5. The van der Waals surface area contributed by atoms with E-state index in [2.05, 4.69) is 20.2 Å². The van der Waals surface area contributed by atoms with Gasteiger partial charge in [0.1, 0.15) is 0 Å². The molecular weight excluding hydrogens is 254 g/mol. The van der Waals surface area contributed by atoms with E-state index in [4.69, 9.17) is 5.73 Å². The summed E-state index contributed by atoms with van der Waals surface area (Å²) in [5.74, 6) is 1.12. The lowest BCUT2D eigenvalue weighted by Crippen LogP contribution is -2.45. The predicted octanol–water partition coefficient (Wildman–Crippen LogP) is 0.547. The van der Waals surface area contributed by atoms with Crippen molar-refractivity contribution in [1.29, 1.82) is 0 Å². The Kier molecular flexibility index (Phi) is 5.29. The Morgan fingerprint density at radius 1 is 1.45 bits per heavy atom. The van der Waals surface area contributed by atoms with Gasteiger partial charge in [0.25, 0.3) is 0 Å². The van der Waals surface area contributed by atoms with Crippen LogP contribution in [0.15, 0.2) is 18.5 Å². The van der Waals surface area contributed by atoms with Crippen LogP contribution < -0.4 is 16.0 Å². The first-order valence-corrected chi connectivity index (χ1v) is 7.20. The van der Waals surface area contributed by atoms with Gasteiger partial charge in [-0.15, -0.1) is 0 Å². The fourth-order valence-corrected chi connectivity index (χ4v) is 2.36. The molecule has 0 saturated carbocycles. The van der Waals surface area contributed by atoms with E-state index < -0.39 is 0 Å². The summed E-state index contributed by atoms with van der Waals surface area (Å²) in [5, 5.41) is 3.09.